The highest BCUT2D eigenvalue weighted by Crippen LogP contribution is 2.32. The summed E-state index contributed by atoms with van der Waals surface area (Å²) in [6.07, 6.45) is 4.22. The van der Waals surface area contributed by atoms with Crippen LogP contribution in [0.5, 0.6) is 11.5 Å². The number of aromatic nitrogens is 6. The number of fused-ring (bicyclic) bond motifs is 1. The van der Waals surface area contributed by atoms with E-state index in [4.69, 9.17) is 9.47 Å². The largest absolute Gasteiger partial charge is 0.493 e. The summed E-state index contributed by atoms with van der Waals surface area (Å²) in [6.45, 7) is 0. The molecule has 3 N–H and O–H groups in total. The molecular weight excluding hydrogens is 462 g/mol. The molecule has 0 unspecified atom stereocenters. The van der Waals surface area contributed by atoms with E-state index in [1.165, 1.54) is 12.4 Å². The third-order valence-electron chi connectivity index (χ3n) is 5.50. The molecule has 3 aromatic heterocycles. The predicted octanol–water partition coefficient (Wildman–Crippen LogP) is 3.44. The van der Waals surface area contributed by atoms with Crippen LogP contribution in [0.4, 0.5) is 5.69 Å². The molecule has 0 atom stereocenters. The standard InChI is InChI=1S/C25H21N7O4/c1-35-19-11-16-17(12-20(19)36-2)31-24(30-16)21-14(13-28-32-21)10-18(33)22-23(27-9-8-26-22)25(34)29-15-6-4-3-5-7-15/h3-9,11-13H,10H2,1-2H3,(H,28,32)(H,29,34)(H,30,31). The van der Waals surface area contributed by atoms with Gasteiger partial charge in [0.05, 0.1) is 31.4 Å². The Bertz CT molecular complexity index is 1520. The van der Waals surface area contributed by atoms with Crippen molar-refractivity contribution >= 4 is 28.4 Å². The van der Waals surface area contributed by atoms with Crippen molar-refractivity contribution in [3.8, 4) is 23.0 Å². The average molecular weight is 483 g/mol. The van der Waals surface area contributed by atoms with Crippen LogP contribution in [-0.4, -0.2) is 56.0 Å². The molecule has 11 heteroatoms. The minimum atomic E-state index is -0.523. The summed E-state index contributed by atoms with van der Waals surface area (Å²) in [5, 5.41) is 9.72. The van der Waals surface area contributed by atoms with Gasteiger partial charge in [-0.2, -0.15) is 5.10 Å². The minimum Gasteiger partial charge on any atom is -0.493 e. The first-order valence-electron chi connectivity index (χ1n) is 10.9. The van der Waals surface area contributed by atoms with E-state index in [1.54, 1.807) is 56.8 Å². The molecular formula is C25H21N7O4. The van der Waals surface area contributed by atoms with Gasteiger partial charge in [-0.3, -0.25) is 14.7 Å². The molecule has 0 aliphatic carbocycles. The number of nitrogens with zero attached hydrogens (tertiary/aromatic N) is 4. The number of ether oxygens (including phenoxy) is 2. The van der Waals surface area contributed by atoms with Crippen molar-refractivity contribution in [2.24, 2.45) is 0 Å². The van der Waals surface area contributed by atoms with Crippen LogP contribution >= 0.6 is 0 Å². The van der Waals surface area contributed by atoms with Crippen LogP contribution < -0.4 is 14.8 Å². The Morgan fingerprint density at radius 1 is 0.972 bits per heavy atom. The lowest BCUT2D eigenvalue weighted by Gasteiger charge is -2.08. The summed E-state index contributed by atoms with van der Waals surface area (Å²) >= 11 is 0. The molecule has 0 saturated heterocycles. The normalized spacial score (nSPS) is 10.8. The topological polar surface area (TPSA) is 148 Å². The maximum absolute atomic E-state index is 13.2. The second-order valence-electron chi connectivity index (χ2n) is 7.75. The van der Waals surface area contributed by atoms with Crippen LogP contribution in [0.1, 0.15) is 26.5 Å². The molecule has 0 radical (unpaired) electrons. The fourth-order valence-electron chi connectivity index (χ4n) is 3.78. The number of rotatable bonds is 8. The van der Waals surface area contributed by atoms with Gasteiger partial charge in [0.25, 0.3) is 5.91 Å². The lowest BCUT2D eigenvalue weighted by atomic mass is 10.1. The van der Waals surface area contributed by atoms with Gasteiger partial charge in [0.2, 0.25) is 0 Å². The number of Topliss-reactive ketones (excluding diaryl/α,β-unsaturated/α-hetero) is 1. The van der Waals surface area contributed by atoms with E-state index in [2.05, 4.69) is 35.5 Å². The van der Waals surface area contributed by atoms with E-state index in [0.29, 0.717) is 39.8 Å². The van der Waals surface area contributed by atoms with Gasteiger partial charge < -0.3 is 19.8 Å². The number of hydrogen-bond acceptors (Lipinski definition) is 8. The molecule has 0 aliphatic rings. The smallest absolute Gasteiger partial charge is 0.276 e. The number of para-hydroxylation sites is 1. The Morgan fingerprint density at radius 2 is 1.69 bits per heavy atom. The highest BCUT2D eigenvalue weighted by Gasteiger charge is 2.23. The van der Waals surface area contributed by atoms with Crippen LogP contribution in [0.15, 0.2) is 61.1 Å². The maximum atomic E-state index is 13.2. The molecule has 5 rings (SSSR count). The molecule has 0 aliphatic heterocycles. The van der Waals surface area contributed by atoms with Crippen molar-refractivity contribution in [1.82, 2.24) is 30.1 Å². The van der Waals surface area contributed by atoms with Gasteiger partial charge in [0.1, 0.15) is 11.4 Å². The molecule has 36 heavy (non-hydrogen) atoms. The van der Waals surface area contributed by atoms with Crippen molar-refractivity contribution in [1.29, 1.82) is 0 Å². The molecule has 0 fully saturated rings. The molecule has 5 aromatic rings. The number of benzene rings is 2. The first-order valence-corrected chi connectivity index (χ1v) is 10.9. The minimum absolute atomic E-state index is 0.0304. The first kappa shape index (κ1) is 22.7. The fraction of sp³-hybridized carbons (Fsp3) is 0.120. The van der Waals surface area contributed by atoms with Gasteiger partial charge in [-0.05, 0) is 12.1 Å². The van der Waals surface area contributed by atoms with E-state index in [9.17, 15) is 9.59 Å². The number of aromatic amines is 2. The van der Waals surface area contributed by atoms with Gasteiger partial charge in [-0.25, -0.2) is 15.0 Å². The number of carbonyl (C=O) groups is 2. The first-order chi connectivity index (χ1) is 17.6. The number of amides is 1. The van der Waals surface area contributed by atoms with E-state index in [0.717, 1.165) is 5.52 Å². The Labute approximate surface area is 204 Å². The summed E-state index contributed by atoms with van der Waals surface area (Å²) in [7, 11) is 3.11. The number of methoxy groups -OCH3 is 2. The Hall–Kier alpha value is -5.06. The molecule has 0 saturated carbocycles. The van der Waals surface area contributed by atoms with Gasteiger partial charge in [0.15, 0.2) is 28.8 Å². The maximum Gasteiger partial charge on any atom is 0.276 e. The second kappa shape index (κ2) is 9.66. The van der Waals surface area contributed by atoms with Gasteiger partial charge >= 0.3 is 0 Å². The van der Waals surface area contributed by atoms with E-state index >= 15 is 0 Å². The Balaban J connectivity index is 1.42. The SMILES string of the molecule is COc1cc2nc(-c3[nH]ncc3CC(=O)c3nccnc3C(=O)Nc3ccccc3)[nH]c2cc1OC. The zero-order valence-electron chi connectivity index (χ0n) is 19.4. The molecule has 11 nitrogen and oxygen atoms in total. The third kappa shape index (κ3) is 4.37. The molecule has 180 valence electrons. The molecule has 1 amide bonds. The summed E-state index contributed by atoms with van der Waals surface area (Å²) in [6, 6.07) is 12.4. The summed E-state index contributed by atoms with van der Waals surface area (Å²) < 4.78 is 10.7. The monoisotopic (exact) mass is 483 g/mol. The summed E-state index contributed by atoms with van der Waals surface area (Å²) in [5.41, 5.74) is 3.00. The Morgan fingerprint density at radius 3 is 2.44 bits per heavy atom. The molecule has 0 spiro atoms. The van der Waals surface area contributed by atoms with Gasteiger partial charge in [-0.15, -0.1) is 0 Å². The molecule has 0 bridgehead atoms. The quantitative estimate of drug-likeness (QED) is 0.284. The number of carbonyl (C=O) groups excluding carboxylic acids is 2. The van der Waals surface area contributed by atoms with E-state index < -0.39 is 5.91 Å². The van der Waals surface area contributed by atoms with Crippen LogP contribution in [0.25, 0.3) is 22.6 Å². The van der Waals surface area contributed by atoms with Gasteiger partial charge in [-0.1, -0.05) is 18.2 Å². The fourth-order valence-corrected chi connectivity index (χ4v) is 3.78. The van der Waals surface area contributed by atoms with E-state index in [-0.39, 0.29) is 23.6 Å². The highest BCUT2D eigenvalue weighted by atomic mass is 16.5. The van der Waals surface area contributed by atoms with Crippen LogP contribution in [0, 0.1) is 0 Å². The van der Waals surface area contributed by atoms with Gasteiger partial charge in [0, 0.05) is 42.2 Å². The molecule has 3 heterocycles. The zero-order valence-corrected chi connectivity index (χ0v) is 19.4. The number of imidazole rings is 1. The summed E-state index contributed by atoms with van der Waals surface area (Å²) in [4.78, 5) is 42.1. The van der Waals surface area contributed by atoms with E-state index in [1.807, 2.05) is 6.07 Å². The van der Waals surface area contributed by atoms with Crippen molar-refractivity contribution < 1.29 is 19.1 Å². The number of ketones is 1. The average Bonchev–Trinajstić information content (AvgIpc) is 3.54. The van der Waals surface area contributed by atoms with Crippen LogP contribution in [0.2, 0.25) is 0 Å². The predicted molar refractivity (Wildman–Crippen MR) is 131 cm³/mol. The van der Waals surface area contributed by atoms with Crippen LogP contribution in [0.3, 0.4) is 0 Å². The van der Waals surface area contributed by atoms with Crippen molar-refractivity contribution in [3.05, 3.63) is 78.0 Å². The third-order valence-corrected chi connectivity index (χ3v) is 5.50. The van der Waals surface area contributed by atoms with Crippen molar-refractivity contribution in [2.45, 2.75) is 6.42 Å². The number of hydrogen-bond donors (Lipinski definition) is 3. The number of nitrogens with one attached hydrogen (secondary N) is 3. The van der Waals surface area contributed by atoms with Crippen molar-refractivity contribution in [2.75, 3.05) is 19.5 Å². The highest BCUT2D eigenvalue weighted by molar-refractivity contribution is 6.11. The lowest BCUT2D eigenvalue weighted by Crippen LogP contribution is -2.20. The Kier molecular flexibility index (Phi) is 6.10. The number of H-pyrrole nitrogens is 2. The molecule has 2 aromatic carbocycles. The van der Waals surface area contributed by atoms with Crippen LogP contribution in [-0.2, 0) is 6.42 Å². The second-order valence-corrected chi connectivity index (χ2v) is 7.75. The number of anilines is 1. The zero-order chi connectivity index (χ0) is 25.1. The lowest BCUT2D eigenvalue weighted by molar-refractivity contribution is 0.0964. The summed E-state index contributed by atoms with van der Waals surface area (Å²) in [5.74, 6) is 0.687. The van der Waals surface area contributed by atoms with Crippen molar-refractivity contribution in [3.63, 3.8) is 0 Å².